The van der Waals surface area contributed by atoms with E-state index in [1.807, 2.05) is 18.2 Å². The SMILES string of the molecule is Nc1cccc(C(=O)NCc2ccccc2CN2CCC(O)CC2)c1. The van der Waals surface area contributed by atoms with Crippen molar-refractivity contribution < 1.29 is 9.90 Å². The first-order valence-electron chi connectivity index (χ1n) is 8.73. The summed E-state index contributed by atoms with van der Waals surface area (Å²) in [6.45, 7) is 3.15. The topological polar surface area (TPSA) is 78.6 Å². The Morgan fingerprint density at radius 2 is 1.84 bits per heavy atom. The van der Waals surface area contributed by atoms with Crippen molar-refractivity contribution in [3.05, 3.63) is 65.2 Å². The summed E-state index contributed by atoms with van der Waals surface area (Å²) in [6, 6.07) is 15.2. The van der Waals surface area contributed by atoms with Gasteiger partial charge in [-0.15, -0.1) is 0 Å². The molecular weight excluding hydrogens is 314 g/mol. The molecule has 5 heteroatoms. The van der Waals surface area contributed by atoms with Gasteiger partial charge in [0.25, 0.3) is 5.91 Å². The molecule has 2 aromatic rings. The van der Waals surface area contributed by atoms with Gasteiger partial charge in [0.2, 0.25) is 0 Å². The molecule has 1 aliphatic rings. The highest BCUT2D eigenvalue weighted by atomic mass is 16.3. The molecule has 1 aliphatic heterocycles. The number of piperidine rings is 1. The Morgan fingerprint density at radius 3 is 2.56 bits per heavy atom. The fraction of sp³-hybridized carbons (Fsp3) is 0.350. The van der Waals surface area contributed by atoms with E-state index < -0.39 is 0 Å². The second-order valence-electron chi connectivity index (χ2n) is 6.58. The van der Waals surface area contributed by atoms with Crippen LogP contribution in [-0.2, 0) is 13.1 Å². The number of nitrogens with one attached hydrogen (secondary N) is 1. The Bertz CT molecular complexity index is 724. The number of benzene rings is 2. The molecule has 0 spiro atoms. The van der Waals surface area contributed by atoms with Crippen molar-refractivity contribution in [2.45, 2.75) is 32.0 Å². The van der Waals surface area contributed by atoms with Crippen molar-refractivity contribution in [2.75, 3.05) is 18.8 Å². The molecule has 0 saturated carbocycles. The van der Waals surface area contributed by atoms with Gasteiger partial charge in [-0.1, -0.05) is 30.3 Å². The number of aliphatic hydroxyl groups is 1. The zero-order valence-corrected chi connectivity index (χ0v) is 14.3. The van der Waals surface area contributed by atoms with Gasteiger partial charge in [0.05, 0.1) is 6.10 Å². The minimum atomic E-state index is -0.163. The van der Waals surface area contributed by atoms with Crippen molar-refractivity contribution >= 4 is 11.6 Å². The van der Waals surface area contributed by atoms with Crippen LogP contribution in [0.5, 0.6) is 0 Å². The molecule has 5 nitrogen and oxygen atoms in total. The van der Waals surface area contributed by atoms with Crippen molar-refractivity contribution in [1.82, 2.24) is 10.2 Å². The summed E-state index contributed by atoms with van der Waals surface area (Å²) in [6.07, 6.45) is 1.49. The van der Waals surface area contributed by atoms with Crippen molar-refractivity contribution in [1.29, 1.82) is 0 Å². The van der Waals surface area contributed by atoms with Gasteiger partial charge in [0.1, 0.15) is 0 Å². The molecule has 0 aliphatic carbocycles. The number of nitrogens with zero attached hydrogens (tertiary/aromatic N) is 1. The van der Waals surface area contributed by atoms with Gasteiger partial charge < -0.3 is 16.2 Å². The monoisotopic (exact) mass is 339 g/mol. The van der Waals surface area contributed by atoms with Gasteiger partial charge in [0.15, 0.2) is 0 Å². The van der Waals surface area contributed by atoms with Crippen LogP contribution < -0.4 is 11.1 Å². The maximum Gasteiger partial charge on any atom is 0.251 e. The van der Waals surface area contributed by atoms with Gasteiger partial charge in [-0.05, 0) is 42.2 Å². The fourth-order valence-corrected chi connectivity index (χ4v) is 3.16. The number of hydrogen-bond acceptors (Lipinski definition) is 4. The van der Waals surface area contributed by atoms with Gasteiger partial charge >= 0.3 is 0 Å². The van der Waals surface area contributed by atoms with E-state index >= 15 is 0 Å². The number of rotatable bonds is 5. The van der Waals surface area contributed by atoms with Crippen LogP contribution >= 0.6 is 0 Å². The molecular formula is C20H25N3O2. The number of carbonyl (C=O) groups is 1. The minimum absolute atomic E-state index is 0.122. The van der Waals surface area contributed by atoms with Crippen molar-refractivity contribution in [3.63, 3.8) is 0 Å². The Labute approximate surface area is 148 Å². The van der Waals surface area contributed by atoms with Gasteiger partial charge in [-0.25, -0.2) is 0 Å². The van der Waals surface area contributed by atoms with E-state index in [0.717, 1.165) is 38.0 Å². The van der Waals surface area contributed by atoms with Crippen LogP contribution in [-0.4, -0.2) is 35.1 Å². The molecule has 0 aromatic heterocycles. The summed E-state index contributed by atoms with van der Waals surface area (Å²) in [4.78, 5) is 14.7. The average molecular weight is 339 g/mol. The average Bonchev–Trinajstić information content (AvgIpc) is 2.62. The number of amides is 1. The zero-order valence-electron chi connectivity index (χ0n) is 14.3. The molecule has 1 heterocycles. The van der Waals surface area contributed by atoms with Crippen LogP contribution in [0.3, 0.4) is 0 Å². The van der Waals surface area contributed by atoms with E-state index in [-0.39, 0.29) is 12.0 Å². The van der Waals surface area contributed by atoms with Gasteiger partial charge in [-0.2, -0.15) is 0 Å². The third-order valence-electron chi connectivity index (χ3n) is 4.66. The number of hydrogen-bond donors (Lipinski definition) is 3. The first-order valence-corrected chi connectivity index (χ1v) is 8.73. The predicted octanol–water partition coefficient (Wildman–Crippen LogP) is 2.16. The Balaban J connectivity index is 1.62. The second-order valence-corrected chi connectivity index (χ2v) is 6.58. The number of likely N-dealkylation sites (tertiary alicyclic amines) is 1. The van der Waals surface area contributed by atoms with E-state index in [9.17, 15) is 9.90 Å². The Kier molecular flexibility index (Phi) is 5.68. The Morgan fingerprint density at radius 1 is 1.12 bits per heavy atom. The first kappa shape index (κ1) is 17.5. The van der Waals surface area contributed by atoms with Crippen LogP contribution in [0, 0.1) is 0 Å². The van der Waals surface area contributed by atoms with Crippen LogP contribution in [0.4, 0.5) is 5.69 Å². The number of nitrogen functional groups attached to an aromatic ring is 1. The summed E-state index contributed by atoms with van der Waals surface area (Å²) in [5, 5.41) is 12.6. The number of anilines is 1. The number of carbonyl (C=O) groups excluding carboxylic acids is 1. The van der Waals surface area contributed by atoms with Crippen molar-refractivity contribution in [2.24, 2.45) is 0 Å². The fourth-order valence-electron chi connectivity index (χ4n) is 3.16. The lowest BCUT2D eigenvalue weighted by Gasteiger charge is -2.30. The van der Waals surface area contributed by atoms with Gasteiger partial charge in [-0.3, -0.25) is 9.69 Å². The lowest BCUT2D eigenvalue weighted by molar-refractivity contribution is 0.0790. The van der Waals surface area contributed by atoms with E-state index in [4.69, 9.17) is 5.73 Å². The highest BCUT2D eigenvalue weighted by molar-refractivity contribution is 5.94. The summed E-state index contributed by atoms with van der Waals surface area (Å²) >= 11 is 0. The Hall–Kier alpha value is -2.37. The summed E-state index contributed by atoms with van der Waals surface area (Å²) in [5.41, 5.74) is 9.22. The lowest BCUT2D eigenvalue weighted by Crippen LogP contribution is -2.35. The number of nitrogens with two attached hydrogens (primary N) is 1. The quantitative estimate of drug-likeness (QED) is 0.730. The van der Waals surface area contributed by atoms with Gasteiger partial charge in [0, 0.05) is 37.4 Å². The molecule has 1 amide bonds. The smallest absolute Gasteiger partial charge is 0.251 e. The third-order valence-corrected chi connectivity index (χ3v) is 4.66. The molecule has 25 heavy (non-hydrogen) atoms. The molecule has 3 rings (SSSR count). The molecule has 4 N–H and O–H groups in total. The van der Waals surface area contributed by atoms with E-state index in [1.165, 1.54) is 5.56 Å². The standard InChI is InChI=1S/C20H25N3O2/c21-18-7-3-6-15(12-18)20(25)22-13-16-4-1-2-5-17(16)14-23-10-8-19(24)9-11-23/h1-7,12,19,24H,8-11,13-14,21H2,(H,22,25). The molecule has 0 bridgehead atoms. The molecule has 132 valence electrons. The molecule has 0 radical (unpaired) electrons. The molecule has 0 atom stereocenters. The third kappa shape index (κ3) is 4.81. The highest BCUT2D eigenvalue weighted by Crippen LogP contribution is 2.17. The largest absolute Gasteiger partial charge is 0.399 e. The maximum absolute atomic E-state index is 12.3. The minimum Gasteiger partial charge on any atom is -0.399 e. The maximum atomic E-state index is 12.3. The molecule has 2 aromatic carbocycles. The first-order chi connectivity index (χ1) is 12.1. The van der Waals surface area contributed by atoms with E-state index in [1.54, 1.807) is 24.3 Å². The lowest BCUT2D eigenvalue weighted by atomic mass is 10.0. The molecule has 1 fully saturated rings. The van der Waals surface area contributed by atoms with Crippen LogP contribution in [0.25, 0.3) is 0 Å². The predicted molar refractivity (Wildman–Crippen MR) is 99.0 cm³/mol. The van der Waals surface area contributed by atoms with Crippen LogP contribution in [0.1, 0.15) is 34.3 Å². The van der Waals surface area contributed by atoms with E-state index in [2.05, 4.69) is 16.3 Å². The van der Waals surface area contributed by atoms with E-state index in [0.29, 0.717) is 17.8 Å². The molecule has 0 unspecified atom stereocenters. The summed E-state index contributed by atoms with van der Waals surface area (Å²) < 4.78 is 0. The highest BCUT2D eigenvalue weighted by Gasteiger charge is 2.18. The summed E-state index contributed by atoms with van der Waals surface area (Å²) in [5.74, 6) is -0.122. The normalized spacial score (nSPS) is 15.9. The number of aliphatic hydroxyl groups excluding tert-OH is 1. The zero-order chi connectivity index (χ0) is 17.6. The van der Waals surface area contributed by atoms with Crippen LogP contribution in [0.2, 0.25) is 0 Å². The molecule has 1 saturated heterocycles. The van der Waals surface area contributed by atoms with Crippen LogP contribution in [0.15, 0.2) is 48.5 Å². The van der Waals surface area contributed by atoms with Crippen molar-refractivity contribution in [3.8, 4) is 0 Å². The second kappa shape index (κ2) is 8.14. The summed E-state index contributed by atoms with van der Waals surface area (Å²) in [7, 11) is 0.